The van der Waals surface area contributed by atoms with Gasteiger partial charge >= 0.3 is 5.97 Å². The zero-order valence-corrected chi connectivity index (χ0v) is 20.5. The molecule has 1 aromatic heterocycles. The third-order valence-electron chi connectivity index (χ3n) is 5.39. The maximum atomic E-state index is 12.7. The van der Waals surface area contributed by atoms with Crippen LogP contribution in [0.1, 0.15) is 36.4 Å². The summed E-state index contributed by atoms with van der Waals surface area (Å²) >= 11 is 6.11. The van der Waals surface area contributed by atoms with Gasteiger partial charge in [-0.25, -0.2) is 0 Å². The highest BCUT2D eigenvalue weighted by Crippen LogP contribution is 2.24. The van der Waals surface area contributed by atoms with E-state index < -0.39 is 23.4 Å². The van der Waals surface area contributed by atoms with Gasteiger partial charge in [0.25, 0.3) is 11.5 Å². The standard InChI is InChI=1S/C26H29ClN2O6/c1-3-33-16-20(26(32)34-4-2)14-22(28-25(31)23-15-24(30)29-35-23)12-17-8-10-18(11-9-17)19-6-5-7-21(27)13-19/h5-11,13,15,20,22H,3-4,12,14,16H2,1-2H3,(H,28,31)(H,29,30)/t20-,22+/m0/s1. The van der Waals surface area contributed by atoms with Crippen molar-refractivity contribution in [2.45, 2.75) is 32.7 Å². The molecular formula is C26H29ClN2O6. The zero-order chi connectivity index (χ0) is 25.2. The molecule has 0 aliphatic rings. The first-order chi connectivity index (χ1) is 16.9. The van der Waals surface area contributed by atoms with Crippen molar-refractivity contribution in [1.29, 1.82) is 0 Å². The summed E-state index contributed by atoms with van der Waals surface area (Å²) in [7, 11) is 0. The van der Waals surface area contributed by atoms with Crippen LogP contribution in [0.5, 0.6) is 0 Å². The van der Waals surface area contributed by atoms with E-state index in [0.29, 0.717) is 18.1 Å². The van der Waals surface area contributed by atoms with Crippen LogP contribution in [0.15, 0.2) is 63.9 Å². The number of amides is 1. The topological polar surface area (TPSA) is 111 Å². The molecule has 0 bridgehead atoms. The molecular weight excluding hydrogens is 472 g/mol. The molecule has 0 saturated heterocycles. The molecule has 1 heterocycles. The van der Waals surface area contributed by atoms with Crippen LogP contribution >= 0.6 is 11.6 Å². The Hall–Kier alpha value is -3.36. The average molecular weight is 501 g/mol. The van der Waals surface area contributed by atoms with Crippen molar-refractivity contribution in [2.24, 2.45) is 5.92 Å². The Bertz CT molecular complexity index is 1170. The van der Waals surface area contributed by atoms with E-state index >= 15 is 0 Å². The van der Waals surface area contributed by atoms with Crippen molar-refractivity contribution in [3.05, 3.63) is 81.3 Å². The maximum absolute atomic E-state index is 12.7. The predicted molar refractivity (Wildman–Crippen MR) is 132 cm³/mol. The lowest BCUT2D eigenvalue weighted by Gasteiger charge is -2.23. The number of hydrogen-bond acceptors (Lipinski definition) is 6. The number of aromatic nitrogens is 1. The van der Waals surface area contributed by atoms with Gasteiger partial charge in [-0.15, -0.1) is 0 Å². The number of benzene rings is 2. The third kappa shape index (κ3) is 7.83. The highest BCUT2D eigenvalue weighted by molar-refractivity contribution is 6.30. The molecule has 0 aliphatic heterocycles. The van der Waals surface area contributed by atoms with Crippen molar-refractivity contribution in [3.8, 4) is 11.1 Å². The number of aromatic amines is 1. The van der Waals surface area contributed by atoms with Crippen LogP contribution in [0.3, 0.4) is 0 Å². The van der Waals surface area contributed by atoms with E-state index in [1.54, 1.807) is 6.92 Å². The zero-order valence-electron chi connectivity index (χ0n) is 19.7. The van der Waals surface area contributed by atoms with Gasteiger partial charge in [-0.3, -0.25) is 14.4 Å². The Morgan fingerprint density at radius 3 is 2.46 bits per heavy atom. The lowest BCUT2D eigenvalue weighted by Crippen LogP contribution is -2.40. The summed E-state index contributed by atoms with van der Waals surface area (Å²) in [5.74, 6) is -1.63. The van der Waals surface area contributed by atoms with E-state index in [0.717, 1.165) is 22.8 Å². The van der Waals surface area contributed by atoms with Gasteiger partial charge in [0.2, 0.25) is 5.76 Å². The highest BCUT2D eigenvalue weighted by Gasteiger charge is 2.27. The van der Waals surface area contributed by atoms with Gasteiger partial charge in [0, 0.05) is 17.7 Å². The SMILES string of the molecule is CCOC[C@H](C[C@@H](Cc1ccc(-c2cccc(Cl)c2)cc1)NC(=O)c1cc(=O)[nH]o1)C(=O)OCC. The molecule has 0 spiro atoms. The molecule has 2 aromatic carbocycles. The van der Waals surface area contributed by atoms with Crippen LogP contribution in [0.4, 0.5) is 0 Å². The number of carbonyl (C=O) groups is 2. The predicted octanol–water partition coefficient (Wildman–Crippen LogP) is 4.24. The fraction of sp³-hybridized carbons (Fsp3) is 0.346. The Morgan fingerprint density at radius 2 is 1.83 bits per heavy atom. The van der Waals surface area contributed by atoms with Crippen molar-refractivity contribution >= 4 is 23.5 Å². The number of carbonyl (C=O) groups excluding carboxylic acids is 2. The van der Waals surface area contributed by atoms with E-state index in [1.165, 1.54) is 0 Å². The Labute approximate surface area is 208 Å². The van der Waals surface area contributed by atoms with Crippen molar-refractivity contribution in [2.75, 3.05) is 19.8 Å². The van der Waals surface area contributed by atoms with E-state index in [1.807, 2.05) is 55.5 Å². The second-order valence-electron chi connectivity index (χ2n) is 8.00. The van der Waals surface area contributed by atoms with Gasteiger partial charge in [0.05, 0.1) is 25.2 Å². The summed E-state index contributed by atoms with van der Waals surface area (Å²) < 4.78 is 15.6. The van der Waals surface area contributed by atoms with Crippen LogP contribution in [-0.2, 0) is 20.7 Å². The van der Waals surface area contributed by atoms with Crippen LogP contribution in [0.25, 0.3) is 11.1 Å². The second kappa shape index (κ2) is 12.9. The third-order valence-corrected chi connectivity index (χ3v) is 5.62. The summed E-state index contributed by atoms with van der Waals surface area (Å²) in [6.45, 7) is 4.46. The summed E-state index contributed by atoms with van der Waals surface area (Å²) in [4.78, 5) is 36.6. The molecule has 2 N–H and O–H groups in total. The molecule has 186 valence electrons. The van der Waals surface area contributed by atoms with Gasteiger partial charge in [-0.05, 0) is 55.5 Å². The fourth-order valence-electron chi connectivity index (χ4n) is 3.73. The quantitative estimate of drug-likeness (QED) is 0.360. The molecule has 0 saturated carbocycles. The number of halogens is 1. The van der Waals surface area contributed by atoms with Crippen molar-refractivity contribution in [3.63, 3.8) is 0 Å². The lowest BCUT2D eigenvalue weighted by molar-refractivity contribution is -0.150. The molecule has 0 radical (unpaired) electrons. The summed E-state index contributed by atoms with van der Waals surface area (Å²) in [5, 5.41) is 5.64. The molecule has 3 aromatic rings. The molecule has 0 unspecified atom stereocenters. The highest BCUT2D eigenvalue weighted by atomic mass is 35.5. The number of H-pyrrole nitrogens is 1. The fourth-order valence-corrected chi connectivity index (χ4v) is 3.92. The molecule has 0 fully saturated rings. The average Bonchev–Trinajstić information content (AvgIpc) is 3.28. The molecule has 8 nitrogen and oxygen atoms in total. The lowest BCUT2D eigenvalue weighted by atomic mass is 9.94. The molecule has 2 atom stereocenters. The summed E-state index contributed by atoms with van der Waals surface area (Å²) in [5.41, 5.74) is 2.45. The van der Waals surface area contributed by atoms with Crippen LogP contribution in [0, 0.1) is 5.92 Å². The minimum atomic E-state index is -0.566. The van der Waals surface area contributed by atoms with E-state index in [2.05, 4.69) is 10.5 Å². The van der Waals surface area contributed by atoms with Crippen molar-refractivity contribution < 1.29 is 23.6 Å². The smallest absolute Gasteiger partial charge is 0.311 e. The second-order valence-corrected chi connectivity index (χ2v) is 8.44. The number of esters is 1. The van der Waals surface area contributed by atoms with Gasteiger partial charge in [0.15, 0.2) is 0 Å². The Balaban J connectivity index is 1.80. The molecule has 1 amide bonds. The molecule has 3 rings (SSSR count). The first kappa shape index (κ1) is 26.2. The largest absolute Gasteiger partial charge is 0.466 e. The molecule has 9 heteroatoms. The molecule has 0 aliphatic carbocycles. The maximum Gasteiger partial charge on any atom is 0.311 e. The van der Waals surface area contributed by atoms with Crippen molar-refractivity contribution in [1.82, 2.24) is 10.5 Å². The first-order valence-electron chi connectivity index (χ1n) is 11.5. The Morgan fingerprint density at radius 1 is 1.06 bits per heavy atom. The van der Waals surface area contributed by atoms with Gasteiger partial charge in [-0.1, -0.05) is 48.0 Å². The summed E-state index contributed by atoms with van der Waals surface area (Å²) in [6, 6.07) is 16.1. The van der Waals surface area contributed by atoms with Gasteiger partial charge in [-0.2, -0.15) is 5.16 Å². The summed E-state index contributed by atoms with van der Waals surface area (Å²) in [6.07, 6.45) is 0.730. The number of hydrogen-bond donors (Lipinski definition) is 2. The number of nitrogens with one attached hydrogen (secondary N) is 2. The number of rotatable bonds is 12. The monoisotopic (exact) mass is 500 g/mol. The Kier molecular flexibility index (Phi) is 9.69. The minimum absolute atomic E-state index is 0.131. The normalized spacial score (nSPS) is 12.7. The van der Waals surface area contributed by atoms with E-state index in [9.17, 15) is 14.4 Å². The van der Waals surface area contributed by atoms with E-state index in [4.69, 9.17) is 25.6 Å². The first-order valence-corrected chi connectivity index (χ1v) is 11.9. The minimum Gasteiger partial charge on any atom is -0.466 e. The van der Waals surface area contributed by atoms with Crippen LogP contribution < -0.4 is 10.9 Å². The van der Waals surface area contributed by atoms with Crippen LogP contribution in [0.2, 0.25) is 5.02 Å². The van der Waals surface area contributed by atoms with Gasteiger partial charge in [0.1, 0.15) is 0 Å². The molecule has 35 heavy (non-hydrogen) atoms. The number of ether oxygens (including phenoxy) is 2. The van der Waals surface area contributed by atoms with E-state index in [-0.39, 0.29) is 31.4 Å². The van der Waals surface area contributed by atoms with Gasteiger partial charge < -0.3 is 19.3 Å². The van der Waals surface area contributed by atoms with Crippen LogP contribution in [-0.4, -0.2) is 42.9 Å².